The first-order chi connectivity index (χ1) is 6.25. The molecule has 2 N–H and O–H groups in total. The zero-order valence-corrected chi connectivity index (χ0v) is 10.9. The molecule has 0 saturated heterocycles. The highest BCUT2D eigenvalue weighted by Crippen LogP contribution is 2.12. The molecule has 0 aliphatic heterocycles. The Bertz CT molecular complexity index is 124. The standard InChI is InChI=1S/C12H29N2/c1-10(2)7-14(13,8-11(3)4)9-12(5)6/h10-12H,7-9,13H2,1-6H3/q+1. The second-order valence-corrected chi connectivity index (χ2v) is 5.95. The minimum atomic E-state index is 0.678. The van der Waals surface area contributed by atoms with Crippen molar-refractivity contribution in [3.05, 3.63) is 0 Å². The van der Waals surface area contributed by atoms with Gasteiger partial charge in [0.1, 0.15) is 0 Å². The Morgan fingerprint density at radius 1 is 0.714 bits per heavy atom. The van der Waals surface area contributed by atoms with Crippen LogP contribution in [-0.2, 0) is 0 Å². The molecule has 86 valence electrons. The summed E-state index contributed by atoms with van der Waals surface area (Å²) in [7, 11) is 0. The van der Waals surface area contributed by atoms with E-state index in [-0.39, 0.29) is 0 Å². The van der Waals surface area contributed by atoms with Crippen LogP contribution < -0.4 is 5.84 Å². The SMILES string of the molecule is CC(C)C[N+](N)(CC(C)C)CC(C)C. The highest BCUT2D eigenvalue weighted by Gasteiger charge is 2.26. The molecular weight excluding hydrogens is 172 g/mol. The molecule has 0 heterocycles. The molecule has 2 nitrogen and oxygen atoms in total. The first-order valence-corrected chi connectivity index (χ1v) is 5.90. The summed E-state index contributed by atoms with van der Waals surface area (Å²) in [6, 6.07) is 0. The topological polar surface area (TPSA) is 26.0 Å². The van der Waals surface area contributed by atoms with Crippen LogP contribution in [0, 0.1) is 17.8 Å². The Kier molecular flexibility index (Phi) is 5.68. The highest BCUT2D eigenvalue weighted by atomic mass is 15.6. The summed E-state index contributed by atoms with van der Waals surface area (Å²) in [6.07, 6.45) is 0. The zero-order chi connectivity index (χ0) is 11.4. The molecule has 0 fully saturated rings. The smallest absolute Gasteiger partial charge is 0.0983 e. The van der Waals surface area contributed by atoms with Crippen molar-refractivity contribution in [3.63, 3.8) is 0 Å². The molecule has 0 atom stereocenters. The maximum Gasteiger partial charge on any atom is 0.0983 e. The van der Waals surface area contributed by atoms with Gasteiger partial charge < -0.3 is 0 Å². The second-order valence-electron chi connectivity index (χ2n) is 5.95. The van der Waals surface area contributed by atoms with E-state index in [9.17, 15) is 0 Å². The third-order valence-electron chi connectivity index (χ3n) is 2.19. The lowest BCUT2D eigenvalue weighted by molar-refractivity contribution is -0.947. The lowest BCUT2D eigenvalue weighted by Crippen LogP contribution is -2.59. The van der Waals surface area contributed by atoms with Crippen molar-refractivity contribution in [1.29, 1.82) is 0 Å². The van der Waals surface area contributed by atoms with Crippen molar-refractivity contribution < 1.29 is 4.59 Å². The van der Waals surface area contributed by atoms with Gasteiger partial charge in [0.15, 0.2) is 0 Å². The molecule has 14 heavy (non-hydrogen) atoms. The van der Waals surface area contributed by atoms with Crippen LogP contribution >= 0.6 is 0 Å². The molecular formula is C12H29N2+. The van der Waals surface area contributed by atoms with Crippen molar-refractivity contribution in [2.45, 2.75) is 41.5 Å². The van der Waals surface area contributed by atoms with Gasteiger partial charge >= 0.3 is 0 Å². The van der Waals surface area contributed by atoms with Crippen molar-refractivity contribution in [1.82, 2.24) is 0 Å². The van der Waals surface area contributed by atoms with E-state index < -0.39 is 0 Å². The fourth-order valence-electron chi connectivity index (χ4n) is 2.41. The van der Waals surface area contributed by atoms with Gasteiger partial charge in [0.05, 0.1) is 19.6 Å². The molecule has 0 aliphatic rings. The first kappa shape index (κ1) is 13.9. The summed E-state index contributed by atoms with van der Waals surface area (Å²) >= 11 is 0. The fourth-order valence-corrected chi connectivity index (χ4v) is 2.41. The van der Waals surface area contributed by atoms with Crippen LogP contribution in [0.15, 0.2) is 0 Å². The quantitative estimate of drug-likeness (QED) is 0.399. The van der Waals surface area contributed by atoms with Crippen LogP contribution in [0.1, 0.15) is 41.5 Å². The van der Waals surface area contributed by atoms with Crippen molar-refractivity contribution >= 4 is 0 Å². The molecule has 0 rings (SSSR count). The largest absolute Gasteiger partial charge is 0.248 e. The molecule has 0 spiro atoms. The van der Waals surface area contributed by atoms with Gasteiger partial charge in [0, 0.05) is 17.8 Å². The number of hydrogen-bond donors (Lipinski definition) is 1. The predicted molar refractivity (Wildman–Crippen MR) is 63.6 cm³/mol. The van der Waals surface area contributed by atoms with Gasteiger partial charge in [-0.15, -0.1) is 0 Å². The maximum atomic E-state index is 6.44. The third kappa shape index (κ3) is 6.39. The Morgan fingerprint density at radius 3 is 1.07 bits per heavy atom. The van der Waals surface area contributed by atoms with Crippen molar-refractivity contribution in [3.8, 4) is 0 Å². The maximum absolute atomic E-state index is 6.44. The van der Waals surface area contributed by atoms with Crippen molar-refractivity contribution in [2.24, 2.45) is 23.6 Å². The zero-order valence-electron chi connectivity index (χ0n) is 10.9. The Labute approximate surface area is 90.0 Å². The summed E-state index contributed by atoms with van der Waals surface area (Å²) < 4.78 is 0.743. The van der Waals surface area contributed by atoms with E-state index in [1.54, 1.807) is 0 Å². The van der Waals surface area contributed by atoms with E-state index in [0.29, 0.717) is 17.8 Å². The number of rotatable bonds is 6. The Balaban J connectivity index is 4.32. The second kappa shape index (κ2) is 5.72. The van der Waals surface area contributed by atoms with E-state index >= 15 is 0 Å². The lowest BCUT2D eigenvalue weighted by Gasteiger charge is -2.37. The van der Waals surface area contributed by atoms with Gasteiger partial charge in [-0.05, 0) is 0 Å². The number of quaternary nitrogens is 1. The van der Waals surface area contributed by atoms with Gasteiger partial charge in [0.2, 0.25) is 0 Å². The van der Waals surface area contributed by atoms with Crippen LogP contribution in [0.4, 0.5) is 0 Å². The summed E-state index contributed by atoms with van der Waals surface area (Å²) in [6.45, 7) is 16.8. The molecule has 0 unspecified atom stereocenters. The molecule has 0 aromatic carbocycles. The molecule has 2 heteroatoms. The van der Waals surface area contributed by atoms with Gasteiger partial charge in [0.25, 0.3) is 0 Å². The van der Waals surface area contributed by atoms with Crippen LogP contribution in [0.25, 0.3) is 0 Å². The first-order valence-electron chi connectivity index (χ1n) is 5.90. The van der Waals surface area contributed by atoms with Crippen LogP contribution in [0.3, 0.4) is 0 Å². The minimum Gasteiger partial charge on any atom is -0.248 e. The lowest BCUT2D eigenvalue weighted by atomic mass is 10.1. The monoisotopic (exact) mass is 201 g/mol. The minimum absolute atomic E-state index is 0.678. The Morgan fingerprint density at radius 2 is 0.929 bits per heavy atom. The van der Waals surface area contributed by atoms with Gasteiger partial charge in [-0.2, -0.15) is 5.84 Å². The van der Waals surface area contributed by atoms with Crippen LogP contribution in [0.2, 0.25) is 0 Å². The summed E-state index contributed by atoms with van der Waals surface area (Å²) in [5.74, 6) is 8.47. The molecule has 0 aromatic rings. The van der Waals surface area contributed by atoms with E-state index in [1.807, 2.05) is 0 Å². The van der Waals surface area contributed by atoms with Gasteiger partial charge in [-0.25, -0.2) is 4.59 Å². The van der Waals surface area contributed by atoms with Gasteiger partial charge in [-0.3, -0.25) is 0 Å². The Hall–Kier alpha value is -0.0800. The van der Waals surface area contributed by atoms with E-state index in [2.05, 4.69) is 41.5 Å². The summed E-state index contributed by atoms with van der Waals surface area (Å²) in [5.41, 5.74) is 0. The summed E-state index contributed by atoms with van der Waals surface area (Å²) in [5, 5.41) is 0. The molecule has 0 radical (unpaired) electrons. The number of nitrogens with zero attached hydrogens (tertiary/aromatic N) is 1. The average Bonchev–Trinajstić information content (AvgIpc) is 1.76. The molecule has 0 aromatic heterocycles. The number of nitrogens with two attached hydrogens (primary N) is 1. The molecule has 0 bridgehead atoms. The molecule has 0 amide bonds. The molecule has 0 saturated carbocycles. The summed E-state index contributed by atoms with van der Waals surface area (Å²) in [4.78, 5) is 0. The van der Waals surface area contributed by atoms with Crippen LogP contribution in [0.5, 0.6) is 0 Å². The van der Waals surface area contributed by atoms with Gasteiger partial charge in [-0.1, -0.05) is 41.5 Å². The fraction of sp³-hybridized carbons (Fsp3) is 1.00. The van der Waals surface area contributed by atoms with E-state index in [1.165, 1.54) is 0 Å². The third-order valence-corrected chi connectivity index (χ3v) is 2.19. The van der Waals surface area contributed by atoms with Crippen molar-refractivity contribution in [2.75, 3.05) is 19.6 Å². The van der Waals surface area contributed by atoms with E-state index in [4.69, 9.17) is 5.84 Å². The van der Waals surface area contributed by atoms with E-state index in [0.717, 1.165) is 24.2 Å². The average molecular weight is 201 g/mol. The predicted octanol–water partition coefficient (Wildman–Crippen LogP) is 2.64. The molecule has 0 aliphatic carbocycles. The highest BCUT2D eigenvalue weighted by molar-refractivity contribution is 4.50. The normalized spacial score (nSPS) is 13.3. The number of hydrogen-bond acceptors (Lipinski definition) is 1. The van der Waals surface area contributed by atoms with Crippen LogP contribution in [-0.4, -0.2) is 24.2 Å².